The van der Waals surface area contributed by atoms with Gasteiger partial charge in [0, 0.05) is 18.7 Å². The molecule has 1 heterocycles. The zero-order chi connectivity index (χ0) is 18.7. The maximum atomic E-state index is 14.0. The van der Waals surface area contributed by atoms with Crippen molar-refractivity contribution in [3.8, 4) is 0 Å². The smallest absolute Gasteiger partial charge is 0.271 e. The molecule has 0 radical (unpaired) electrons. The second kappa shape index (κ2) is 7.73. The van der Waals surface area contributed by atoms with Gasteiger partial charge in [-0.3, -0.25) is 9.52 Å². The van der Waals surface area contributed by atoms with Crippen molar-refractivity contribution in [2.24, 2.45) is 5.92 Å². The van der Waals surface area contributed by atoms with Crippen LogP contribution in [-0.2, 0) is 19.6 Å². The summed E-state index contributed by atoms with van der Waals surface area (Å²) in [4.78, 5) is 12.3. The van der Waals surface area contributed by atoms with Gasteiger partial charge in [0.2, 0.25) is 5.91 Å². The Labute approximate surface area is 155 Å². The van der Waals surface area contributed by atoms with Crippen LogP contribution in [-0.4, -0.2) is 27.5 Å². The number of carbonyl (C=O) groups excluding carboxylic acids is 1. The van der Waals surface area contributed by atoms with Gasteiger partial charge in [-0.15, -0.1) is 11.3 Å². The molecule has 26 heavy (non-hydrogen) atoms. The van der Waals surface area contributed by atoms with Crippen LogP contribution in [0, 0.1) is 11.7 Å². The lowest BCUT2D eigenvalue weighted by atomic mass is 10.1. The first-order valence-electron chi connectivity index (χ1n) is 8.08. The minimum atomic E-state index is -3.86. The van der Waals surface area contributed by atoms with Gasteiger partial charge < -0.3 is 10.1 Å². The van der Waals surface area contributed by atoms with E-state index in [0.717, 1.165) is 30.2 Å². The summed E-state index contributed by atoms with van der Waals surface area (Å²) in [6, 6.07) is 6.83. The first-order valence-corrected chi connectivity index (χ1v) is 10.4. The Morgan fingerprint density at radius 2 is 2.12 bits per heavy atom. The number of amides is 1. The number of sulfonamides is 1. The second-order valence-corrected chi connectivity index (χ2v) is 8.95. The van der Waals surface area contributed by atoms with Gasteiger partial charge in [-0.1, -0.05) is 6.07 Å². The predicted octanol–water partition coefficient (Wildman–Crippen LogP) is 3.44. The number of carbonyl (C=O) groups is 1. The highest BCUT2D eigenvalue weighted by Gasteiger charge is 2.30. The number of hydrogen-bond acceptors (Lipinski definition) is 5. The minimum absolute atomic E-state index is 0.0761. The zero-order valence-corrected chi connectivity index (χ0v) is 15.7. The number of nitrogens with one attached hydrogen (secondary N) is 2. The van der Waals surface area contributed by atoms with Crippen molar-refractivity contribution in [2.75, 3.05) is 17.1 Å². The van der Waals surface area contributed by atoms with Crippen molar-refractivity contribution < 1.29 is 22.3 Å². The predicted molar refractivity (Wildman–Crippen MR) is 98.3 cm³/mol. The third-order valence-electron chi connectivity index (χ3n) is 4.33. The van der Waals surface area contributed by atoms with E-state index in [1.165, 1.54) is 18.2 Å². The van der Waals surface area contributed by atoms with Crippen LogP contribution in [0.2, 0.25) is 0 Å². The molecule has 0 aliphatic heterocycles. The van der Waals surface area contributed by atoms with E-state index in [-0.39, 0.29) is 27.8 Å². The molecule has 1 aromatic carbocycles. The first kappa shape index (κ1) is 18.8. The third-order valence-corrected chi connectivity index (χ3v) is 7.09. The SMILES string of the molecule is COC1CCC(C(=O)Nc2ccc(F)c(NS(=O)(=O)c3cccs3)c2)C1. The molecule has 0 bridgehead atoms. The molecule has 2 atom stereocenters. The van der Waals surface area contributed by atoms with Gasteiger partial charge in [0.25, 0.3) is 10.0 Å². The molecule has 9 heteroatoms. The maximum Gasteiger partial charge on any atom is 0.271 e. The summed E-state index contributed by atoms with van der Waals surface area (Å²) in [5, 5.41) is 4.34. The molecule has 1 fully saturated rings. The number of methoxy groups -OCH3 is 1. The van der Waals surface area contributed by atoms with Crippen LogP contribution in [0.4, 0.5) is 15.8 Å². The Bertz CT molecular complexity index is 884. The van der Waals surface area contributed by atoms with Crippen LogP contribution in [0.5, 0.6) is 0 Å². The lowest BCUT2D eigenvalue weighted by molar-refractivity contribution is -0.119. The van der Waals surface area contributed by atoms with Gasteiger partial charge in [0.15, 0.2) is 0 Å². The summed E-state index contributed by atoms with van der Waals surface area (Å²) < 4.78 is 46.1. The summed E-state index contributed by atoms with van der Waals surface area (Å²) in [7, 11) is -2.24. The second-order valence-electron chi connectivity index (χ2n) is 6.09. The van der Waals surface area contributed by atoms with E-state index < -0.39 is 15.8 Å². The van der Waals surface area contributed by atoms with E-state index in [0.29, 0.717) is 12.1 Å². The van der Waals surface area contributed by atoms with E-state index in [2.05, 4.69) is 10.0 Å². The number of anilines is 2. The number of rotatable bonds is 6. The normalized spacial score (nSPS) is 20.1. The van der Waals surface area contributed by atoms with Crippen molar-refractivity contribution in [1.29, 1.82) is 0 Å². The third kappa shape index (κ3) is 4.22. The molecule has 1 saturated carbocycles. The highest BCUT2D eigenvalue weighted by atomic mass is 32.2. The summed E-state index contributed by atoms with van der Waals surface area (Å²) >= 11 is 1.03. The van der Waals surface area contributed by atoms with Crippen LogP contribution in [0.25, 0.3) is 0 Å². The van der Waals surface area contributed by atoms with Gasteiger partial charge in [-0.05, 0) is 48.9 Å². The van der Waals surface area contributed by atoms with Crippen molar-refractivity contribution in [3.05, 3.63) is 41.5 Å². The molecule has 1 aliphatic carbocycles. The Morgan fingerprint density at radius 1 is 1.31 bits per heavy atom. The Balaban J connectivity index is 1.73. The molecular formula is C17H19FN2O4S2. The standard InChI is InChI=1S/C17H19FN2O4S2/c1-24-13-6-4-11(9-13)17(21)19-12-5-7-14(18)15(10-12)20-26(22,23)16-3-2-8-25-16/h2-3,5,7-8,10-11,13,20H,4,6,9H2,1H3,(H,19,21). The topological polar surface area (TPSA) is 84.5 Å². The monoisotopic (exact) mass is 398 g/mol. The Kier molecular flexibility index (Phi) is 5.59. The molecule has 2 aromatic rings. The van der Waals surface area contributed by atoms with E-state index in [1.807, 2.05) is 0 Å². The van der Waals surface area contributed by atoms with E-state index in [4.69, 9.17) is 4.74 Å². The molecule has 1 amide bonds. The lowest BCUT2D eigenvalue weighted by Gasteiger charge is -2.13. The van der Waals surface area contributed by atoms with Gasteiger partial charge in [0.1, 0.15) is 10.0 Å². The first-order chi connectivity index (χ1) is 12.4. The molecule has 2 N–H and O–H groups in total. The van der Waals surface area contributed by atoms with Crippen molar-refractivity contribution in [2.45, 2.75) is 29.6 Å². The summed E-state index contributed by atoms with van der Waals surface area (Å²) in [5.41, 5.74) is 0.124. The van der Waals surface area contributed by atoms with Crippen molar-refractivity contribution >= 4 is 38.6 Å². The molecule has 1 aliphatic rings. The zero-order valence-electron chi connectivity index (χ0n) is 14.1. The quantitative estimate of drug-likeness (QED) is 0.781. The maximum absolute atomic E-state index is 14.0. The lowest BCUT2D eigenvalue weighted by Crippen LogP contribution is -2.21. The van der Waals surface area contributed by atoms with E-state index in [1.54, 1.807) is 18.6 Å². The van der Waals surface area contributed by atoms with Gasteiger partial charge in [-0.2, -0.15) is 0 Å². The average Bonchev–Trinajstić information content (AvgIpc) is 3.29. The number of benzene rings is 1. The van der Waals surface area contributed by atoms with Gasteiger partial charge >= 0.3 is 0 Å². The summed E-state index contributed by atoms with van der Waals surface area (Å²) in [6.07, 6.45) is 2.27. The molecule has 2 unspecified atom stereocenters. The van der Waals surface area contributed by atoms with Crippen LogP contribution < -0.4 is 10.0 Å². The molecule has 6 nitrogen and oxygen atoms in total. The number of halogens is 1. The van der Waals surface area contributed by atoms with E-state index in [9.17, 15) is 17.6 Å². The number of thiophene rings is 1. The average molecular weight is 398 g/mol. The summed E-state index contributed by atoms with van der Waals surface area (Å²) in [6.45, 7) is 0. The van der Waals surface area contributed by atoms with Crippen molar-refractivity contribution in [3.63, 3.8) is 0 Å². The number of hydrogen-bond donors (Lipinski definition) is 2. The number of ether oxygens (including phenoxy) is 1. The molecule has 1 aromatic heterocycles. The largest absolute Gasteiger partial charge is 0.381 e. The molecular weight excluding hydrogens is 379 g/mol. The van der Waals surface area contributed by atoms with E-state index >= 15 is 0 Å². The van der Waals surface area contributed by atoms with Crippen LogP contribution in [0.1, 0.15) is 19.3 Å². The molecule has 3 rings (SSSR count). The van der Waals surface area contributed by atoms with Crippen LogP contribution in [0.3, 0.4) is 0 Å². The fraction of sp³-hybridized carbons (Fsp3) is 0.353. The molecule has 0 spiro atoms. The Hall–Kier alpha value is -1.97. The van der Waals surface area contributed by atoms with Gasteiger partial charge in [-0.25, -0.2) is 12.8 Å². The van der Waals surface area contributed by atoms with Gasteiger partial charge in [0.05, 0.1) is 11.8 Å². The summed E-state index contributed by atoms with van der Waals surface area (Å²) in [5.74, 6) is -1.07. The Morgan fingerprint density at radius 3 is 2.77 bits per heavy atom. The molecule has 140 valence electrons. The fourth-order valence-electron chi connectivity index (χ4n) is 2.93. The highest BCUT2D eigenvalue weighted by Crippen LogP contribution is 2.29. The fourth-order valence-corrected chi connectivity index (χ4v) is 4.98. The molecule has 0 saturated heterocycles. The van der Waals surface area contributed by atoms with Crippen molar-refractivity contribution in [1.82, 2.24) is 0 Å². The minimum Gasteiger partial charge on any atom is -0.381 e. The van der Waals surface area contributed by atoms with Crippen LogP contribution in [0.15, 0.2) is 39.9 Å². The highest BCUT2D eigenvalue weighted by molar-refractivity contribution is 7.94. The van der Waals surface area contributed by atoms with Crippen LogP contribution >= 0.6 is 11.3 Å².